The van der Waals surface area contributed by atoms with Crippen LogP contribution in [0.2, 0.25) is 5.02 Å². The Hall–Kier alpha value is -0.810. The first-order chi connectivity index (χ1) is 7.99. The van der Waals surface area contributed by atoms with E-state index in [0.717, 1.165) is 11.3 Å². The molecule has 3 unspecified atom stereocenters. The summed E-state index contributed by atoms with van der Waals surface area (Å²) in [6.07, 6.45) is -1.42. The molecule has 0 aromatic heterocycles. The molecule has 5 heteroatoms. The van der Waals surface area contributed by atoms with E-state index in [9.17, 15) is 10.2 Å². The zero-order chi connectivity index (χ0) is 12.6. The SMILES string of the molecule is CC(N)c1ccc(N2CC(O)C(O)C2)c(Cl)c1. The molecule has 0 aliphatic carbocycles. The van der Waals surface area contributed by atoms with E-state index in [-0.39, 0.29) is 6.04 Å². The fourth-order valence-corrected chi connectivity index (χ4v) is 2.34. The molecule has 1 aliphatic heterocycles. The number of nitrogens with zero attached hydrogens (tertiary/aromatic N) is 1. The highest BCUT2D eigenvalue weighted by Crippen LogP contribution is 2.30. The van der Waals surface area contributed by atoms with E-state index >= 15 is 0 Å². The normalized spacial score (nSPS) is 26.3. The number of β-amino-alcohol motifs (C(OH)–C–C–N with tert-alkyl or cyclic N) is 2. The molecule has 0 amide bonds. The Morgan fingerprint density at radius 2 is 1.94 bits per heavy atom. The third kappa shape index (κ3) is 2.55. The number of halogens is 1. The summed E-state index contributed by atoms with van der Waals surface area (Å²) in [5.74, 6) is 0. The Morgan fingerprint density at radius 3 is 2.41 bits per heavy atom. The van der Waals surface area contributed by atoms with Crippen molar-refractivity contribution >= 4 is 17.3 Å². The van der Waals surface area contributed by atoms with Crippen LogP contribution in [-0.2, 0) is 0 Å². The van der Waals surface area contributed by atoms with Crippen LogP contribution in [0.3, 0.4) is 0 Å². The minimum atomic E-state index is -0.709. The van der Waals surface area contributed by atoms with Crippen molar-refractivity contribution in [1.82, 2.24) is 0 Å². The number of benzene rings is 1. The fraction of sp³-hybridized carbons (Fsp3) is 0.500. The van der Waals surface area contributed by atoms with Gasteiger partial charge >= 0.3 is 0 Å². The van der Waals surface area contributed by atoms with Crippen LogP contribution < -0.4 is 10.6 Å². The summed E-state index contributed by atoms with van der Waals surface area (Å²) in [4.78, 5) is 1.88. The van der Waals surface area contributed by atoms with Gasteiger partial charge in [0.05, 0.1) is 22.9 Å². The third-order valence-corrected chi connectivity index (χ3v) is 3.40. The predicted molar refractivity (Wildman–Crippen MR) is 68.3 cm³/mol. The summed E-state index contributed by atoms with van der Waals surface area (Å²) in [5.41, 5.74) is 7.57. The van der Waals surface area contributed by atoms with Gasteiger partial charge in [0, 0.05) is 19.1 Å². The number of rotatable bonds is 2. The molecule has 4 nitrogen and oxygen atoms in total. The molecule has 1 saturated heterocycles. The monoisotopic (exact) mass is 256 g/mol. The van der Waals surface area contributed by atoms with Gasteiger partial charge in [-0.05, 0) is 24.6 Å². The number of aliphatic hydroxyl groups is 2. The van der Waals surface area contributed by atoms with E-state index in [1.165, 1.54) is 0 Å². The zero-order valence-corrected chi connectivity index (χ0v) is 10.4. The Kier molecular flexibility index (Phi) is 3.58. The lowest BCUT2D eigenvalue weighted by Gasteiger charge is -2.20. The maximum absolute atomic E-state index is 9.51. The standard InChI is InChI=1S/C12H17ClN2O2/c1-7(14)8-2-3-10(9(13)4-8)15-5-11(16)12(17)6-15/h2-4,7,11-12,16-17H,5-6,14H2,1H3. The molecule has 4 N–H and O–H groups in total. The Labute approximate surface area is 106 Å². The van der Waals surface area contributed by atoms with Gasteiger partial charge in [-0.3, -0.25) is 0 Å². The summed E-state index contributed by atoms with van der Waals surface area (Å²) in [6, 6.07) is 5.57. The van der Waals surface area contributed by atoms with Gasteiger partial charge < -0.3 is 20.8 Å². The molecule has 1 aromatic carbocycles. The van der Waals surface area contributed by atoms with Gasteiger partial charge in [0.25, 0.3) is 0 Å². The van der Waals surface area contributed by atoms with E-state index in [1.54, 1.807) is 0 Å². The number of anilines is 1. The van der Waals surface area contributed by atoms with Crippen molar-refractivity contribution in [3.05, 3.63) is 28.8 Å². The van der Waals surface area contributed by atoms with Gasteiger partial charge in [-0.1, -0.05) is 17.7 Å². The quantitative estimate of drug-likeness (QED) is 0.736. The second kappa shape index (κ2) is 4.82. The molecule has 1 heterocycles. The summed E-state index contributed by atoms with van der Waals surface area (Å²) in [7, 11) is 0. The highest BCUT2D eigenvalue weighted by Gasteiger charge is 2.30. The third-order valence-electron chi connectivity index (χ3n) is 3.10. The molecule has 94 valence electrons. The van der Waals surface area contributed by atoms with E-state index < -0.39 is 12.2 Å². The maximum Gasteiger partial charge on any atom is 0.0990 e. The summed E-state index contributed by atoms with van der Waals surface area (Å²) in [6.45, 7) is 2.70. The highest BCUT2D eigenvalue weighted by atomic mass is 35.5. The van der Waals surface area contributed by atoms with Crippen molar-refractivity contribution < 1.29 is 10.2 Å². The highest BCUT2D eigenvalue weighted by molar-refractivity contribution is 6.33. The number of aliphatic hydroxyl groups excluding tert-OH is 2. The van der Waals surface area contributed by atoms with Crippen LogP contribution in [0.25, 0.3) is 0 Å². The smallest absolute Gasteiger partial charge is 0.0990 e. The van der Waals surface area contributed by atoms with Crippen LogP contribution in [0, 0.1) is 0 Å². The number of nitrogens with two attached hydrogens (primary N) is 1. The van der Waals surface area contributed by atoms with Gasteiger partial charge in [-0.25, -0.2) is 0 Å². The molecule has 0 spiro atoms. The molecule has 0 bridgehead atoms. The first-order valence-corrected chi connectivity index (χ1v) is 6.03. The minimum Gasteiger partial charge on any atom is -0.389 e. The summed E-state index contributed by atoms with van der Waals surface area (Å²) < 4.78 is 0. The maximum atomic E-state index is 9.51. The van der Waals surface area contributed by atoms with Crippen molar-refractivity contribution in [3.63, 3.8) is 0 Å². The van der Waals surface area contributed by atoms with Gasteiger partial charge in [0.15, 0.2) is 0 Å². The van der Waals surface area contributed by atoms with Crippen molar-refractivity contribution in [3.8, 4) is 0 Å². The van der Waals surface area contributed by atoms with Crippen LogP contribution in [0.1, 0.15) is 18.5 Å². The molecule has 17 heavy (non-hydrogen) atoms. The molecular weight excluding hydrogens is 240 g/mol. The van der Waals surface area contributed by atoms with Crippen LogP contribution in [0.15, 0.2) is 18.2 Å². The van der Waals surface area contributed by atoms with E-state index in [1.807, 2.05) is 30.0 Å². The van der Waals surface area contributed by atoms with Gasteiger partial charge in [-0.2, -0.15) is 0 Å². The molecule has 1 aliphatic rings. The Balaban J connectivity index is 2.23. The Bertz CT molecular complexity index is 401. The van der Waals surface area contributed by atoms with E-state index in [0.29, 0.717) is 18.1 Å². The molecule has 0 saturated carbocycles. The molecule has 3 atom stereocenters. The topological polar surface area (TPSA) is 69.7 Å². The molecular formula is C12H17ClN2O2. The lowest BCUT2D eigenvalue weighted by atomic mass is 10.1. The second-order valence-electron chi connectivity index (χ2n) is 4.54. The first-order valence-electron chi connectivity index (χ1n) is 5.65. The fourth-order valence-electron chi connectivity index (χ4n) is 2.03. The van der Waals surface area contributed by atoms with E-state index in [4.69, 9.17) is 17.3 Å². The van der Waals surface area contributed by atoms with Gasteiger partial charge in [-0.15, -0.1) is 0 Å². The van der Waals surface area contributed by atoms with Crippen LogP contribution in [-0.4, -0.2) is 35.5 Å². The Morgan fingerprint density at radius 1 is 1.35 bits per heavy atom. The van der Waals surface area contributed by atoms with Crippen molar-refractivity contribution in [2.75, 3.05) is 18.0 Å². The minimum absolute atomic E-state index is 0.0590. The van der Waals surface area contributed by atoms with E-state index in [2.05, 4.69) is 0 Å². The average Bonchev–Trinajstić information content (AvgIpc) is 2.58. The largest absolute Gasteiger partial charge is 0.389 e. The van der Waals surface area contributed by atoms with Crippen molar-refractivity contribution in [1.29, 1.82) is 0 Å². The molecule has 2 rings (SSSR count). The van der Waals surface area contributed by atoms with Crippen LogP contribution in [0.5, 0.6) is 0 Å². The van der Waals surface area contributed by atoms with Crippen LogP contribution in [0.4, 0.5) is 5.69 Å². The molecule has 1 aromatic rings. The lowest BCUT2D eigenvalue weighted by Crippen LogP contribution is -2.22. The number of hydrogen-bond donors (Lipinski definition) is 3. The van der Waals surface area contributed by atoms with Crippen molar-refractivity contribution in [2.45, 2.75) is 25.2 Å². The molecule has 0 radical (unpaired) electrons. The van der Waals surface area contributed by atoms with Gasteiger partial charge in [0.1, 0.15) is 0 Å². The van der Waals surface area contributed by atoms with Crippen molar-refractivity contribution in [2.24, 2.45) is 5.73 Å². The zero-order valence-electron chi connectivity index (χ0n) is 9.68. The predicted octanol–water partition coefficient (Wildman–Crippen LogP) is 0.902. The summed E-state index contributed by atoms with van der Waals surface area (Å²) in [5, 5.41) is 19.6. The number of hydrogen-bond acceptors (Lipinski definition) is 4. The van der Waals surface area contributed by atoms with Crippen LogP contribution >= 0.6 is 11.6 Å². The second-order valence-corrected chi connectivity index (χ2v) is 4.95. The molecule has 1 fully saturated rings. The summed E-state index contributed by atoms with van der Waals surface area (Å²) >= 11 is 6.19. The lowest BCUT2D eigenvalue weighted by molar-refractivity contribution is 0.0572. The first kappa shape index (κ1) is 12.6. The van der Waals surface area contributed by atoms with Gasteiger partial charge in [0.2, 0.25) is 0 Å². The average molecular weight is 257 g/mol.